The van der Waals surface area contributed by atoms with E-state index in [2.05, 4.69) is 25.5 Å². The zero-order valence-corrected chi connectivity index (χ0v) is 9.77. The van der Waals surface area contributed by atoms with Crippen molar-refractivity contribution >= 4 is 18.1 Å². The highest BCUT2D eigenvalue weighted by Gasteiger charge is 2.13. The second-order valence-electron chi connectivity index (χ2n) is 3.57. The number of amides is 1. The molecule has 2 heterocycles. The van der Waals surface area contributed by atoms with Crippen LogP contribution in [0.2, 0.25) is 0 Å². The van der Waals surface area contributed by atoms with E-state index in [1.807, 2.05) is 0 Å². The summed E-state index contributed by atoms with van der Waals surface area (Å²) in [6, 6.07) is 1.09. The van der Waals surface area contributed by atoms with Gasteiger partial charge in [-0.05, 0) is 19.1 Å². The van der Waals surface area contributed by atoms with Crippen LogP contribution in [-0.4, -0.2) is 26.1 Å². The van der Waals surface area contributed by atoms with Gasteiger partial charge in [0.25, 0.3) is 11.5 Å². The monoisotopic (exact) mass is 253 g/mol. The van der Waals surface area contributed by atoms with E-state index in [1.165, 1.54) is 12.3 Å². The highest BCUT2D eigenvalue weighted by atomic mass is 32.1. The Kier molecular flexibility index (Phi) is 2.96. The molecule has 0 saturated heterocycles. The summed E-state index contributed by atoms with van der Waals surface area (Å²) in [6.45, 7) is 1.76. The fraction of sp³-hybridized carbons (Fsp3) is 0.222. The van der Waals surface area contributed by atoms with Gasteiger partial charge in [0.15, 0.2) is 4.77 Å². The topological polar surface area (TPSA) is 109 Å². The Labute approximate surface area is 101 Å². The van der Waals surface area contributed by atoms with Crippen LogP contribution in [0, 0.1) is 4.77 Å². The molecule has 1 atom stereocenters. The standard InChI is InChI=1S/C9H11N5O2S/c1-4(5-2-7(15)14-13-5)11-8(16)6-3-10-9(17)12-6/h2-4H,1H3,(H,11,16)(H2,10,12,17)(H2,13,14,15). The van der Waals surface area contributed by atoms with Crippen molar-refractivity contribution < 1.29 is 4.79 Å². The van der Waals surface area contributed by atoms with Crippen LogP contribution in [0.5, 0.6) is 0 Å². The molecule has 17 heavy (non-hydrogen) atoms. The average Bonchev–Trinajstić information content (AvgIpc) is 2.87. The normalized spacial score (nSPS) is 12.3. The molecule has 0 fully saturated rings. The highest BCUT2D eigenvalue weighted by Crippen LogP contribution is 2.06. The summed E-state index contributed by atoms with van der Waals surface area (Å²) in [4.78, 5) is 28.1. The summed E-state index contributed by atoms with van der Waals surface area (Å²) in [5, 5.41) is 7.79. The first-order valence-corrected chi connectivity index (χ1v) is 5.33. The molecule has 0 bridgehead atoms. The minimum Gasteiger partial charge on any atom is -0.343 e. The minimum atomic E-state index is -0.307. The van der Waals surface area contributed by atoms with Crippen LogP contribution in [-0.2, 0) is 0 Å². The molecular formula is C9H11N5O2S. The molecule has 90 valence electrons. The second-order valence-corrected chi connectivity index (χ2v) is 3.97. The summed E-state index contributed by atoms with van der Waals surface area (Å²) in [7, 11) is 0. The summed E-state index contributed by atoms with van der Waals surface area (Å²) < 4.78 is 0.387. The van der Waals surface area contributed by atoms with Crippen LogP contribution in [0.4, 0.5) is 0 Å². The molecule has 2 aromatic heterocycles. The number of hydrogen-bond donors (Lipinski definition) is 5. The number of aromatic amines is 4. The molecule has 7 nitrogen and oxygen atoms in total. The smallest absolute Gasteiger partial charge is 0.269 e. The lowest BCUT2D eigenvalue weighted by Crippen LogP contribution is -2.27. The molecule has 0 aliphatic carbocycles. The van der Waals surface area contributed by atoms with Crippen LogP contribution in [0.1, 0.15) is 29.1 Å². The van der Waals surface area contributed by atoms with E-state index < -0.39 is 0 Å². The number of hydrogen-bond acceptors (Lipinski definition) is 3. The van der Waals surface area contributed by atoms with Crippen LogP contribution < -0.4 is 10.9 Å². The van der Waals surface area contributed by atoms with Crippen LogP contribution >= 0.6 is 12.2 Å². The molecule has 8 heteroatoms. The number of H-pyrrole nitrogens is 4. The molecule has 0 saturated carbocycles. The number of nitrogens with one attached hydrogen (secondary N) is 5. The second kappa shape index (κ2) is 4.42. The van der Waals surface area contributed by atoms with Gasteiger partial charge in [0.2, 0.25) is 0 Å². The lowest BCUT2D eigenvalue weighted by Gasteiger charge is -2.10. The van der Waals surface area contributed by atoms with E-state index in [0.29, 0.717) is 16.2 Å². The Morgan fingerprint density at radius 1 is 1.47 bits per heavy atom. The van der Waals surface area contributed by atoms with E-state index >= 15 is 0 Å². The van der Waals surface area contributed by atoms with E-state index in [4.69, 9.17) is 12.2 Å². The van der Waals surface area contributed by atoms with Gasteiger partial charge in [0, 0.05) is 12.3 Å². The van der Waals surface area contributed by atoms with Crippen molar-refractivity contribution in [2.45, 2.75) is 13.0 Å². The van der Waals surface area contributed by atoms with Crippen LogP contribution in [0.3, 0.4) is 0 Å². The van der Waals surface area contributed by atoms with Crippen LogP contribution in [0.15, 0.2) is 17.1 Å². The number of rotatable bonds is 3. The van der Waals surface area contributed by atoms with Gasteiger partial charge >= 0.3 is 0 Å². The molecule has 1 unspecified atom stereocenters. The fourth-order valence-corrected chi connectivity index (χ4v) is 1.56. The first-order chi connectivity index (χ1) is 8.06. The van der Waals surface area contributed by atoms with Gasteiger partial charge < -0.3 is 20.4 Å². The summed E-state index contributed by atoms with van der Waals surface area (Å²) in [5.74, 6) is -0.299. The highest BCUT2D eigenvalue weighted by molar-refractivity contribution is 7.71. The third-order valence-electron chi connectivity index (χ3n) is 2.27. The molecule has 0 aliphatic heterocycles. The van der Waals surface area contributed by atoms with Crippen molar-refractivity contribution in [1.82, 2.24) is 25.5 Å². The van der Waals surface area contributed by atoms with Gasteiger partial charge in [-0.3, -0.25) is 14.7 Å². The van der Waals surface area contributed by atoms with Crippen molar-refractivity contribution in [1.29, 1.82) is 0 Å². The van der Waals surface area contributed by atoms with E-state index in [9.17, 15) is 9.59 Å². The Hall–Kier alpha value is -2.09. The zero-order chi connectivity index (χ0) is 12.4. The summed E-state index contributed by atoms with van der Waals surface area (Å²) in [5.41, 5.74) is 0.722. The van der Waals surface area contributed by atoms with Crippen molar-refractivity contribution in [3.05, 3.63) is 38.8 Å². The van der Waals surface area contributed by atoms with Crippen molar-refractivity contribution in [2.24, 2.45) is 0 Å². The maximum atomic E-state index is 11.7. The predicted molar refractivity (Wildman–Crippen MR) is 63.3 cm³/mol. The SMILES string of the molecule is CC(NC(=O)c1c[nH]c(=S)[nH]1)c1cc(=O)[nH][nH]1. The van der Waals surface area contributed by atoms with Crippen molar-refractivity contribution in [2.75, 3.05) is 0 Å². The molecular weight excluding hydrogens is 242 g/mol. The number of imidazole rings is 1. The fourth-order valence-electron chi connectivity index (χ4n) is 1.39. The van der Waals surface area contributed by atoms with Gasteiger partial charge in [0.05, 0.1) is 11.7 Å². The summed E-state index contributed by atoms with van der Waals surface area (Å²) >= 11 is 4.82. The zero-order valence-electron chi connectivity index (χ0n) is 8.96. The van der Waals surface area contributed by atoms with Crippen molar-refractivity contribution in [3.8, 4) is 0 Å². The molecule has 0 aliphatic rings. The van der Waals surface area contributed by atoms with Crippen molar-refractivity contribution in [3.63, 3.8) is 0 Å². The molecule has 2 aromatic rings. The third-order valence-corrected chi connectivity index (χ3v) is 2.49. The Balaban J connectivity index is 2.09. The maximum Gasteiger partial charge on any atom is 0.269 e. The molecule has 0 radical (unpaired) electrons. The lowest BCUT2D eigenvalue weighted by atomic mass is 10.2. The Bertz CT molecular complexity index is 634. The van der Waals surface area contributed by atoms with E-state index in [-0.39, 0.29) is 17.5 Å². The third kappa shape index (κ3) is 2.53. The molecule has 1 amide bonds. The Morgan fingerprint density at radius 2 is 2.24 bits per heavy atom. The predicted octanol–water partition coefficient (Wildman–Crippen LogP) is 0.580. The van der Waals surface area contributed by atoms with Gasteiger partial charge in [-0.2, -0.15) is 0 Å². The van der Waals surface area contributed by atoms with Crippen LogP contribution in [0.25, 0.3) is 0 Å². The first kappa shape index (κ1) is 11.4. The van der Waals surface area contributed by atoms with E-state index in [0.717, 1.165) is 0 Å². The van der Waals surface area contributed by atoms with E-state index in [1.54, 1.807) is 6.92 Å². The number of carbonyl (C=O) groups excluding carboxylic acids is 1. The maximum absolute atomic E-state index is 11.7. The molecule has 2 rings (SSSR count). The quantitative estimate of drug-likeness (QED) is 0.516. The molecule has 0 aromatic carbocycles. The van der Waals surface area contributed by atoms with Gasteiger partial charge in [-0.15, -0.1) is 0 Å². The van der Waals surface area contributed by atoms with Gasteiger partial charge in [-0.1, -0.05) is 0 Å². The first-order valence-electron chi connectivity index (χ1n) is 4.92. The summed E-state index contributed by atoms with van der Waals surface area (Å²) in [6.07, 6.45) is 1.49. The number of carbonyl (C=O) groups is 1. The largest absolute Gasteiger partial charge is 0.343 e. The van der Waals surface area contributed by atoms with Gasteiger partial charge in [-0.25, -0.2) is 0 Å². The number of aromatic nitrogens is 4. The lowest BCUT2D eigenvalue weighted by molar-refractivity contribution is 0.0934. The molecule has 0 spiro atoms. The minimum absolute atomic E-state index is 0.234. The average molecular weight is 253 g/mol. The Morgan fingerprint density at radius 3 is 2.76 bits per heavy atom. The molecule has 5 N–H and O–H groups in total. The van der Waals surface area contributed by atoms with Gasteiger partial charge in [0.1, 0.15) is 5.69 Å².